The smallest absolute Gasteiger partial charge is 0.335 e. The molecule has 3 aliphatic heterocycles. The largest absolute Gasteiger partial charge is 0.479 e. The number of fused-ring (bicyclic) bond motifs is 1. The van der Waals surface area contributed by atoms with Crippen molar-refractivity contribution in [3.05, 3.63) is 23.3 Å². The molecule has 0 bridgehead atoms. The molecular formula is C19H19N3O11. The SMILES string of the molecule is Nc1c(O[C@@H]2O[C@H](C(=O)O)[C@@H](O)[C@H](O)[C@H]2O)ccc2c1C(=O)N(C1CCC(=O)NC1=O)C2=O. The fourth-order valence-electron chi connectivity index (χ4n) is 3.94. The van der Waals surface area contributed by atoms with Crippen molar-refractivity contribution in [1.29, 1.82) is 0 Å². The van der Waals surface area contributed by atoms with Gasteiger partial charge in [-0.2, -0.15) is 0 Å². The van der Waals surface area contributed by atoms with Crippen LogP contribution < -0.4 is 15.8 Å². The molecule has 0 aliphatic carbocycles. The van der Waals surface area contributed by atoms with Gasteiger partial charge in [0.05, 0.1) is 16.8 Å². The molecule has 4 rings (SSSR count). The van der Waals surface area contributed by atoms with E-state index in [9.17, 15) is 39.3 Å². The fraction of sp³-hybridized carbons (Fsp3) is 0.421. The number of anilines is 1. The van der Waals surface area contributed by atoms with Gasteiger partial charge in [0, 0.05) is 6.42 Å². The number of rotatable bonds is 4. The summed E-state index contributed by atoms with van der Waals surface area (Å²) in [4.78, 5) is 61.2. The Morgan fingerprint density at radius 2 is 1.79 bits per heavy atom. The maximum atomic E-state index is 13.0. The number of carbonyl (C=O) groups excluding carboxylic acids is 4. The van der Waals surface area contributed by atoms with Crippen molar-refractivity contribution in [2.75, 3.05) is 5.73 Å². The van der Waals surface area contributed by atoms with Crippen LogP contribution in [0.5, 0.6) is 5.75 Å². The highest BCUT2D eigenvalue weighted by Gasteiger charge is 2.49. The van der Waals surface area contributed by atoms with Crippen LogP contribution in [0.4, 0.5) is 5.69 Å². The number of carboxylic acid groups (broad SMARTS) is 1. The number of hydrogen-bond donors (Lipinski definition) is 6. The number of nitrogens with one attached hydrogen (secondary N) is 1. The molecular weight excluding hydrogens is 446 g/mol. The molecule has 14 heteroatoms. The lowest BCUT2D eigenvalue weighted by Gasteiger charge is -2.38. The van der Waals surface area contributed by atoms with E-state index in [1.807, 2.05) is 0 Å². The average molecular weight is 465 g/mol. The molecule has 0 saturated carbocycles. The number of nitrogens with zero attached hydrogens (tertiary/aromatic N) is 1. The maximum Gasteiger partial charge on any atom is 0.335 e. The lowest BCUT2D eigenvalue weighted by Crippen LogP contribution is -2.61. The Labute approximate surface area is 184 Å². The molecule has 3 aliphatic rings. The van der Waals surface area contributed by atoms with E-state index in [0.717, 1.165) is 6.07 Å². The van der Waals surface area contributed by atoms with E-state index >= 15 is 0 Å². The van der Waals surface area contributed by atoms with E-state index in [4.69, 9.17) is 20.3 Å². The Bertz CT molecular complexity index is 1070. The van der Waals surface area contributed by atoms with E-state index in [1.54, 1.807) is 0 Å². The van der Waals surface area contributed by atoms with E-state index in [0.29, 0.717) is 4.90 Å². The number of benzene rings is 1. The Hall–Kier alpha value is -3.59. The molecule has 6 atom stereocenters. The second-order valence-corrected chi connectivity index (χ2v) is 7.70. The van der Waals surface area contributed by atoms with Gasteiger partial charge in [-0.05, 0) is 18.6 Å². The first kappa shape index (κ1) is 22.6. The zero-order chi connectivity index (χ0) is 24.2. The standard InChI is InChI=1S/C19H19N3O11/c20-10-7(32-19-13(26)11(24)12(25)14(33-19)18(30)31)3-1-5-9(10)17(29)22(16(5)28)6-2-4-8(23)21-15(6)27/h1,3,6,11-14,19,24-26H,2,4,20H2,(H,30,31)(H,21,23,27)/t6?,11-,12-,13+,14-,19+/m0/s1. The highest BCUT2D eigenvalue weighted by Crippen LogP contribution is 2.37. The summed E-state index contributed by atoms with van der Waals surface area (Å²) in [5.74, 6) is -4.94. The number of aliphatic hydroxyl groups excluding tert-OH is 3. The van der Waals surface area contributed by atoms with Crippen LogP contribution in [0.2, 0.25) is 0 Å². The van der Waals surface area contributed by atoms with Crippen molar-refractivity contribution in [3.8, 4) is 5.75 Å². The average Bonchev–Trinajstić information content (AvgIpc) is 3.00. The highest BCUT2D eigenvalue weighted by molar-refractivity contribution is 6.25. The van der Waals surface area contributed by atoms with Gasteiger partial charge in [0.1, 0.15) is 30.1 Å². The molecule has 2 saturated heterocycles. The van der Waals surface area contributed by atoms with Gasteiger partial charge in [-0.15, -0.1) is 0 Å². The Morgan fingerprint density at radius 3 is 2.42 bits per heavy atom. The zero-order valence-electron chi connectivity index (χ0n) is 16.7. The number of amides is 4. The molecule has 2 fully saturated rings. The van der Waals surface area contributed by atoms with Crippen LogP contribution in [0.3, 0.4) is 0 Å². The molecule has 176 valence electrons. The molecule has 1 aromatic rings. The molecule has 0 spiro atoms. The normalized spacial score (nSPS) is 31.9. The maximum absolute atomic E-state index is 13.0. The van der Waals surface area contributed by atoms with Crippen molar-refractivity contribution >= 4 is 35.3 Å². The Kier molecular flexibility index (Phi) is 5.53. The summed E-state index contributed by atoms with van der Waals surface area (Å²) in [6, 6.07) is 1.13. The summed E-state index contributed by atoms with van der Waals surface area (Å²) in [5.41, 5.74) is 5.24. The molecule has 7 N–H and O–H groups in total. The van der Waals surface area contributed by atoms with Gasteiger partial charge in [0.15, 0.2) is 6.10 Å². The molecule has 14 nitrogen and oxygen atoms in total. The van der Waals surface area contributed by atoms with Crippen LogP contribution in [0, 0.1) is 0 Å². The number of aliphatic hydroxyl groups is 3. The van der Waals surface area contributed by atoms with Crippen LogP contribution in [0.1, 0.15) is 33.6 Å². The fourth-order valence-corrected chi connectivity index (χ4v) is 3.94. The van der Waals surface area contributed by atoms with Crippen molar-refractivity contribution in [1.82, 2.24) is 10.2 Å². The summed E-state index contributed by atoms with van der Waals surface area (Å²) in [5, 5.41) is 41.0. The molecule has 1 unspecified atom stereocenters. The minimum absolute atomic E-state index is 0.0572. The van der Waals surface area contributed by atoms with Crippen molar-refractivity contribution in [2.24, 2.45) is 0 Å². The minimum Gasteiger partial charge on any atom is -0.479 e. The van der Waals surface area contributed by atoms with Gasteiger partial charge in [-0.25, -0.2) is 4.79 Å². The van der Waals surface area contributed by atoms with Crippen LogP contribution in [0.25, 0.3) is 0 Å². The third kappa shape index (κ3) is 3.58. The third-order valence-electron chi connectivity index (χ3n) is 5.67. The molecule has 3 heterocycles. The van der Waals surface area contributed by atoms with Crippen LogP contribution in [-0.2, 0) is 19.1 Å². The van der Waals surface area contributed by atoms with Gasteiger partial charge < -0.3 is 35.6 Å². The number of nitrogens with two attached hydrogens (primary N) is 1. The highest BCUT2D eigenvalue weighted by atomic mass is 16.7. The first-order chi connectivity index (χ1) is 15.5. The molecule has 1 aromatic carbocycles. The lowest BCUT2D eigenvalue weighted by atomic mass is 9.99. The number of aliphatic carboxylic acids is 1. The number of hydrogen-bond acceptors (Lipinski definition) is 11. The van der Waals surface area contributed by atoms with Gasteiger partial charge >= 0.3 is 5.97 Å². The molecule has 0 aromatic heterocycles. The second kappa shape index (κ2) is 8.08. The van der Waals surface area contributed by atoms with E-state index in [1.165, 1.54) is 6.07 Å². The first-order valence-electron chi connectivity index (χ1n) is 9.76. The third-order valence-corrected chi connectivity index (χ3v) is 5.67. The number of carboxylic acids is 1. The van der Waals surface area contributed by atoms with Crippen molar-refractivity contribution < 1.29 is 53.9 Å². The lowest BCUT2D eigenvalue weighted by molar-refractivity contribution is -0.271. The van der Waals surface area contributed by atoms with Gasteiger partial charge in [0.2, 0.25) is 18.1 Å². The van der Waals surface area contributed by atoms with E-state index in [-0.39, 0.29) is 35.4 Å². The Morgan fingerprint density at radius 1 is 1.09 bits per heavy atom. The first-order valence-corrected chi connectivity index (χ1v) is 9.76. The summed E-state index contributed by atoms with van der Waals surface area (Å²) in [7, 11) is 0. The van der Waals surface area contributed by atoms with Crippen molar-refractivity contribution in [3.63, 3.8) is 0 Å². The minimum atomic E-state index is -1.93. The predicted octanol–water partition coefficient (Wildman–Crippen LogP) is -3.06. The van der Waals surface area contributed by atoms with Crippen LogP contribution >= 0.6 is 0 Å². The topological polar surface area (TPSA) is 226 Å². The Balaban J connectivity index is 1.61. The summed E-state index contributed by atoms with van der Waals surface area (Å²) < 4.78 is 10.4. The summed E-state index contributed by atoms with van der Waals surface area (Å²) in [6.45, 7) is 0. The second-order valence-electron chi connectivity index (χ2n) is 7.70. The number of nitrogen functional groups attached to an aromatic ring is 1. The predicted molar refractivity (Wildman–Crippen MR) is 102 cm³/mol. The molecule has 0 radical (unpaired) electrons. The monoisotopic (exact) mass is 465 g/mol. The number of ether oxygens (including phenoxy) is 2. The van der Waals surface area contributed by atoms with Gasteiger partial charge in [-0.1, -0.05) is 0 Å². The molecule has 33 heavy (non-hydrogen) atoms. The number of imide groups is 2. The molecule has 4 amide bonds. The van der Waals surface area contributed by atoms with Gasteiger partial charge in [-0.3, -0.25) is 29.4 Å². The zero-order valence-corrected chi connectivity index (χ0v) is 16.7. The summed E-state index contributed by atoms with van der Waals surface area (Å²) >= 11 is 0. The van der Waals surface area contributed by atoms with Crippen molar-refractivity contribution in [2.45, 2.75) is 49.6 Å². The number of carbonyl (C=O) groups is 5. The number of piperidine rings is 1. The van der Waals surface area contributed by atoms with Crippen LogP contribution in [0.15, 0.2) is 12.1 Å². The van der Waals surface area contributed by atoms with Crippen LogP contribution in [-0.4, -0.2) is 91.7 Å². The quantitative estimate of drug-likeness (QED) is 0.192. The summed E-state index contributed by atoms with van der Waals surface area (Å²) in [6.07, 6.45) is -9.57. The van der Waals surface area contributed by atoms with E-state index < -0.39 is 66.3 Å². The van der Waals surface area contributed by atoms with E-state index in [2.05, 4.69) is 5.32 Å². The van der Waals surface area contributed by atoms with Gasteiger partial charge in [0.25, 0.3) is 11.8 Å².